The molecule has 0 heterocycles. The van der Waals surface area contributed by atoms with Crippen LogP contribution in [0.25, 0.3) is 11.1 Å². The molecule has 0 radical (unpaired) electrons. The van der Waals surface area contributed by atoms with Crippen molar-refractivity contribution in [3.63, 3.8) is 0 Å². The summed E-state index contributed by atoms with van der Waals surface area (Å²) in [6, 6.07) is 34.3. The topological polar surface area (TPSA) is 119 Å². The van der Waals surface area contributed by atoms with Gasteiger partial charge in [0.15, 0.2) is 9.84 Å². The minimum atomic E-state index is -3.28. The van der Waals surface area contributed by atoms with E-state index >= 15 is 0 Å². The van der Waals surface area contributed by atoms with E-state index in [-0.39, 0.29) is 22.8 Å². The highest BCUT2D eigenvalue weighted by molar-refractivity contribution is 7.90. The van der Waals surface area contributed by atoms with Gasteiger partial charge < -0.3 is 19.9 Å². The van der Waals surface area contributed by atoms with Crippen molar-refractivity contribution in [3.8, 4) is 28.4 Å². The third-order valence-corrected chi connectivity index (χ3v) is 7.67. The average Bonchev–Trinajstić information content (AvgIpc) is 3.01. The molecule has 43 heavy (non-hydrogen) atoms. The number of carboxylic acid groups (broad SMARTS) is 1. The van der Waals surface area contributed by atoms with Crippen LogP contribution in [0, 0.1) is 0 Å². The molecular formula is C34H27NO7S. The number of hydrogen-bond donors (Lipinski definition) is 2. The van der Waals surface area contributed by atoms with Crippen LogP contribution in [0.5, 0.6) is 17.2 Å². The Hall–Kier alpha value is -5.41. The monoisotopic (exact) mass is 593 g/mol. The fourth-order valence-electron chi connectivity index (χ4n) is 4.25. The maximum absolute atomic E-state index is 12.9. The lowest BCUT2D eigenvalue weighted by molar-refractivity contribution is 0.0698. The SMILES string of the molecule is CS(=O)(=O)c1ccc(OCc2ccc(-c3ccc(NC(=O)c4ccc(Oc5ccccc5)cc4)c(C(=O)O)c3)cc2)cc1. The van der Waals surface area contributed by atoms with E-state index in [1.807, 2.05) is 54.6 Å². The maximum Gasteiger partial charge on any atom is 0.337 e. The van der Waals surface area contributed by atoms with Gasteiger partial charge in [-0.2, -0.15) is 0 Å². The van der Waals surface area contributed by atoms with Crippen molar-refractivity contribution in [1.29, 1.82) is 0 Å². The van der Waals surface area contributed by atoms with Crippen LogP contribution in [0.3, 0.4) is 0 Å². The molecule has 0 atom stereocenters. The molecule has 5 rings (SSSR count). The largest absolute Gasteiger partial charge is 0.489 e. The number of rotatable bonds is 10. The van der Waals surface area contributed by atoms with Gasteiger partial charge in [0.2, 0.25) is 0 Å². The van der Waals surface area contributed by atoms with E-state index in [1.54, 1.807) is 48.5 Å². The summed E-state index contributed by atoms with van der Waals surface area (Å²) in [5.41, 5.74) is 2.82. The molecule has 5 aromatic carbocycles. The number of carbonyl (C=O) groups is 2. The summed E-state index contributed by atoms with van der Waals surface area (Å²) in [6.07, 6.45) is 1.15. The van der Waals surface area contributed by atoms with Crippen molar-refractivity contribution in [2.45, 2.75) is 11.5 Å². The van der Waals surface area contributed by atoms with Crippen molar-refractivity contribution in [2.24, 2.45) is 0 Å². The minimum Gasteiger partial charge on any atom is -0.489 e. The molecule has 0 saturated heterocycles. The van der Waals surface area contributed by atoms with Crippen LogP contribution in [0.4, 0.5) is 5.69 Å². The highest BCUT2D eigenvalue weighted by Crippen LogP contribution is 2.27. The molecule has 0 fully saturated rings. The van der Waals surface area contributed by atoms with Crippen molar-refractivity contribution in [2.75, 3.05) is 11.6 Å². The minimum absolute atomic E-state index is 0.0418. The first kappa shape index (κ1) is 29.1. The van der Waals surface area contributed by atoms with E-state index in [0.717, 1.165) is 17.4 Å². The summed E-state index contributed by atoms with van der Waals surface area (Å²) in [6.45, 7) is 0.267. The molecule has 0 aromatic heterocycles. The summed E-state index contributed by atoms with van der Waals surface area (Å²) >= 11 is 0. The third-order valence-electron chi connectivity index (χ3n) is 6.54. The highest BCUT2D eigenvalue weighted by Gasteiger charge is 2.16. The third kappa shape index (κ3) is 7.46. The molecule has 8 nitrogen and oxygen atoms in total. The number of aromatic carboxylic acids is 1. The van der Waals surface area contributed by atoms with Crippen molar-refractivity contribution in [1.82, 2.24) is 0 Å². The number of ether oxygens (including phenoxy) is 2. The first-order valence-corrected chi connectivity index (χ1v) is 15.1. The smallest absolute Gasteiger partial charge is 0.337 e. The highest BCUT2D eigenvalue weighted by atomic mass is 32.2. The van der Waals surface area contributed by atoms with Gasteiger partial charge in [0.1, 0.15) is 23.9 Å². The van der Waals surface area contributed by atoms with E-state index < -0.39 is 21.7 Å². The summed E-state index contributed by atoms with van der Waals surface area (Å²) < 4.78 is 34.8. The Kier molecular flexibility index (Phi) is 8.54. The van der Waals surface area contributed by atoms with E-state index in [4.69, 9.17) is 9.47 Å². The van der Waals surface area contributed by atoms with Crippen molar-refractivity contribution >= 4 is 27.4 Å². The summed E-state index contributed by atoms with van der Waals surface area (Å²) in [7, 11) is -3.28. The predicted octanol–water partition coefficient (Wildman–Crippen LogP) is 7.08. The fraction of sp³-hybridized carbons (Fsp3) is 0.0588. The van der Waals surface area contributed by atoms with E-state index in [1.165, 1.54) is 18.2 Å². The van der Waals surface area contributed by atoms with Crippen LogP contribution in [0.15, 0.2) is 126 Å². The van der Waals surface area contributed by atoms with Gasteiger partial charge in [0.05, 0.1) is 16.1 Å². The second-order valence-corrected chi connectivity index (χ2v) is 11.7. The van der Waals surface area contributed by atoms with Gasteiger partial charge >= 0.3 is 5.97 Å². The summed E-state index contributed by atoms with van der Waals surface area (Å²) in [4.78, 5) is 25.2. The van der Waals surface area contributed by atoms with Crippen LogP contribution in [0.2, 0.25) is 0 Å². The predicted molar refractivity (Wildman–Crippen MR) is 164 cm³/mol. The number of nitrogens with one attached hydrogen (secondary N) is 1. The van der Waals surface area contributed by atoms with Gasteiger partial charge in [-0.05, 0) is 89.5 Å². The average molecular weight is 594 g/mol. The molecule has 216 valence electrons. The molecule has 0 unspecified atom stereocenters. The van der Waals surface area contributed by atoms with Crippen molar-refractivity contribution in [3.05, 3.63) is 138 Å². The lowest BCUT2D eigenvalue weighted by Crippen LogP contribution is -2.14. The van der Waals surface area contributed by atoms with Gasteiger partial charge in [-0.15, -0.1) is 0 Å². The fourth-order valence-corrected chi connectivity index (χ4v) is 4.88. The number of carbonyl (C=O) groups excluding carboxylic acids is 1. The van der Waals surface area contributed by atoms with E-state index in [2.05, 4.69) is 5.32 Å². The Morgan fingerprint density at radius 1 is 0.721 bits per heavy atom. The number of amides is 1. The lowest BCUT2D eigenvalue weighted by Gasteiger charge is -2.12. The second-order valence-electron chi connectivity index (χ2n) is 9.69. The molecule has 0 aliphatic rings. The van der Waals surface area contributed by atoms with E-state index in [0.29, 0.717) is 28.4 Å². The first-order valence-electron chi connectivity index (χ1n) is 13.2. The molecule has 0 aliphatic carbocycles. The molecule has 2 N–H and O–H groups in total. The number of hydrogen-bond acceptors (Lipinski definition) is 6. The Morgan fingerprint density at radius 3 is 1.95 bits per heavy atom. The van der Waals surface area contributed by atoms with E-state index in [9.17, 15) is 23.1 Å². The van der Waals surface area contributed by atoms with Gasteiger partial charge in [0, 0.05) is 11.8 Å². The Bertz CT molecular complexity index is 1850. The molecule has 0 bridgehead atoms. The quantitative estimate of drug-likeness (QED) is 0.178. The molecule has 9 heteroatoms. The second kappa shape index (κ2) is 12.6. The van der Waals surface area contributed by atoms with Gasteiger partial charge in [-0.3, -0.25) is 4.79 Å². The number of para-hydroxylation sites is 1. The number of carboxylic acids is 1. The van der Waals surface area contributed by atoms with Crippen LogP contribution >= 0.6 is 0 Å². The molecule has 5 aromatic rings. The Labute approximate surface area is 249 Å². The van der Waals surface area contributed by atoms with Gasteiger partial charge in [0.25, 0.3) is 5.91 Å². The Balaban J connectivity index is 1.24. The zero-order valence-electron chi connectivity index (χ0n) is 23.1. The molecule has 1 amide bonds. The first-order chi connectivity index (χ1) is 20.7. The van der Waals surface area contributed by atoms with Gasteiger partial charge in [-0.1, -0.05) is 48.5 Å². The number of benzene rings is 5. The number of sulfone groups is 1. The zero-order chi connectivity index (χ0) is 30.4. The molecule has 0 saturated carbocycles. The van der Waals surface area contributed by atoms with Crippen LogP contribution in [0.1, 0.15) is 26.3 Å². The normalized spacial score (nSPS) is 11.0. The molecule has 0 aliphatic heterocycles. The van der Waals surface area contributed by atoms with Crippen LogP contribution < -0.4 is 14.8 Å². The van der Waals surface area contributed by atoms with Crippen LogP contribution in [-0.2, 0) is 16.4 Å². The number of anilines is 1. The lowest BCUT2D eigenvalue weighted by atomic mass is 10.0. The van der Waals surface area contributed by atoms with Crippen molar-refractivity contribution < 1.29 is 32.6 Å². The van der Waals surface area contributed by atoms with Crippen LogP contribution in [-0.4, -0.2) is 31.7 Å². The Morgan fingerprint density at radius 2 is 1.33 bits per heavy atom. The zero-order valence-corrected chi connectivity index (χ0v) is 23.9. The summed E-state index contributed by atoms with van der Waals surface area (Å²) in [5.74, 6) is 0.163. The molecular weight excluding hydrogens is 566 g/mol. The standard InChI is InChI=1S/C34H27NO7S/c1-43(39,40)30-18-16-27(17-19-30)41-22-23-7-9-24(10-8-23)26-13-20-32(31(21-26)34(37)38)35-33(36)25-11-14-29(15-12-25)42-28-5-3-2-4-6-28/h2-21H,22H2,1H3,(H,35,36)(H,37,38). The van der Waals surface area contributed by atoms with Gasteiger partial charge in [-0.25, -0.2) is 13.2 Å². The summed E-state index contributed by atoms with van der Waals surface area (Å²) in [5, 5.41) is 12.6. The maximum atomic E-state index is 12.9. The molecule has 0 spiro atoms.